The van der Waals surface area contributed by atoms with Crippen LogP contribution in [-0.2, 0) is 0 Å². The lowest BCUT2D eigenvalue weighted by molar-refractivity contribution is 0.0519. The van der Waals surface area contributed by atoms with E-state index >= 15 is 0 Å². The van der Waals surface area contributed by atoms with Crippen LogP contribution in [0, 0.1) is 10.8 Å². The predicted molar refractivity (Wildman–Crippen MR) is 48.0 cm³/mol. The van der Waals surface area contributed by atoms with Gasteiger partial charge in [0, 0.05) is 19.6 Å². The van der Waals surface area contributed by atoms with Crippen LogP contribution in [0.5, 0.6) is 0 Å². The van der Waals surface area contributed by atoms with Gasteiger partial charge in [0.15, 0.2) is 0 Å². The van der Waals surface area contributed by atoms with Crippen molar-refractivity contribution >= 4 is 0 Å². The van der Waals surface area contributed by atoms with Gasteiger partial charge in [0.1, 0.15) is 5.54 Å². The Hall–Kier alpha value is -0.440. The number of nitrogens with zero attached hydrogens (tertiary/aromatic N) is 2. The van der Waals surface area contributed by atoms with Crippen LogP contribution in [0.15, 0.2) is 5.18 Å². The Balaban J connectivity index is 1.70. The number of nitroso groups, excluding NO2 is 1. The summed E-state index contributed by atoms with van der Waals surface area (Å²) in [4.78, 5) is 12.7. The normalized spacial score (nSPS) is 29.1. The van der Waals surface area contributed by atoms with Gasteiger partial charge >= 0.3 is 0 Å². The summed E-state index contributed by atoms with van der Waals surface area (Å²) in [6, 6.07) is 0. The molecule has 0 aromatic rings. The molecule has 0 spiro atoms. The highest BCUT2D eigenvalue weighted by Gasteiger charge is 2.41. The average Bonchev–Trinajstić information content (AvgIpc) is 1.92. The molecule has 1 saturated heterocycles. The molecule has 68 valence electrons. The van der Waals surface area contributed by atoms with E-state index in [0.717, 1.165) is 19.0 Å². The van der Waals surface area contributed by atoms with Crippen LogP contribution in [0.4, 0.5) is 0 Å². The largest absolute Gasteiger partial charge is 0.298 e. The highest BCUT2D eigenvalue weighted by molar-refractivity contribution is 4.99. The van der Waals surface area contributed by atoms with Crippen molar-refractivity contribution < 1.29 is 0 Å². The molecular formula is C9H16N2O. The van der Waals surface area contributed by atoms with Gasteiger partial charge in [-0.15, -0.1) is 0 Å². The lowest BCUT2D eigenvalue weighted by Crippen LogP contribution is -2.59. The van der Waals surface area contributed by atoms with Crippen LogP contribution >= 0.6 is 0 Å². The van der Waals surface area contributed by atoms with Gasteiger partial charge < -0.3 is 0 Å². The van der Waals surface area contributed by atoms with Crippen molar-refractivity contribution in [3.05, 3.63) is 4.91 Å². The zero-order chi connectivity index (χ0) is 8.60. The van der Waals surface area contributed by atoms with E-state index in [-0.39, 0.29) is 5.54 Å². The first-order valence-electron chi connectivity index (χ1n) is 4.79. The van der Waals surface area contributed by atoms with Crippen LogP contribution in [0.3, 0.4) is 0 Å². The zero-order valence-corrected chi connectivity index (χ0v) is 7.62. The van der Waals surface area contributed by atoms with E-state index in [0.29, 0.717) is 0 Å². The second-order valence-corrected chi connectivity index (χ2v) is 4.55. The molecule has 3 heteroatoms. The second kappa shape index (κ2) is 2.80. The van der Waals surface area contributed by atoms with Crippen molar-refractivity contribution in [2.45, 2.75) is 31.7 Å². The molecule has 2 rings (SSSR count). The highest BCUT2D eigenvalue weighted by atomic mass is 16.3. The molecule has 1 heterocycles. The summed E-state index contributed by atoms with van der Waals surface area (Å²) in [7, 11) is 0. The predicted octanol–water partition coefficient (Wildman–Crippen LogP) is 1.63. The van der Waals surface area contributed by atoms with E-state index < -0.39 is 0 Å². The summed E-state index contributed by atoms with van der Waals surface area (Å²) in [6.45, 7) is 4.91. The fourth-order valence-corrected chi connectivity index (χ4v) is 2.14. The molecule has 0 amide bonds. The Morgan fingerprint density at radius 3 is 2.58 bits per heavy atom. The Morgan fingerprint density at radius 2 is 2.17 bits per heavy atom. The fourth-order valence-electron chi connectivity index (χ4n) is 2.14. The third kappa shape index (κ3) is 1.38. The van der Waals surface area contributed by atoms with Crippen molar-refractivity contribution in [3.8, 4) is 0 Å². The van der Waals surface area contributed by atoms with Gasteiger partial charge in [-0.2, -0.15) is 4.91 Å². The number of hydrogen-bond acceptors (Lipinski definition) is 3. The minimum absolute atomic E-state index is 0.260. The maximum absolute atomic E-state index is 10.3. The van der Waals surface area contributed by atoms with Crippen molar-refractivity contribution in [1.82, 2.24) is 4.90 Å². The molecule has 1 aliphatic carbocycles. The van der Waals surface area contributed by atoms with Gasteiger partial charge in [0.25, 0.3) is 0 Å². The van der Waals surface area contributed by atoms with E-state index in [4.69, 9.17) is 0 Å². The third-order valence-corrected chi connectivity index (χ3v) is 3.09. The van der Waals surface area contributed by atoms with E-state index in [9.17, 15) is 4.91 Å². The van der Waals surface area contributed by atoms with E-state index in [1.807, 2.05) is 6.92 Å². The Kier molecular flexibility index (Phi) is 1.91. The lowest BCUT2D eigenvalue weighted by atomic mass is 9.83. The molecule has 0 radical (unpaired) electrons. The summed E-state index contributed by atoms with van der Waals surface area (Å²) in [5.74, 6) is 0.918. The van der Waals surface area contributed by atoms with E-state index in [1.165, 1.54) is 25.8 Å². The highest BCUT2D eigenvalue weighted by Crippen LogP contribution is 2.31. The number of hydrogen-bond donors (Lipinski definition) is 0. The molecule has 1 saturated carbocycles. The lowest BCUT2D eigenvalue weighted by Gasteiger charge is -2.45. The third-order valence-electron chi connectivity index (χ3n) is 3.09. The monoisotopic (exact) mass is 168 g/mol. The van der Waals surface area contributed by atoms with Crippen molar-refractivity contribution in [1.29, 1.82) is 0 Å². The van der Waals surface area contributed by atoms with Crippen molar-refractivity contribution in [3.63, 3.8) is 0 Å². The summed E-state index contributed by atoms with van der Waals surface area (Å²) in [5, 5.41) is 3.14. The fraction of sp³-hybridized carbons (Fsp3) is 1.00. The maximum atomic E-state index is 10.3. The second-order valence-electron chi connectivity index (χ2n) is 4.55. The Labute approximate surface area is 73.1 Å². The molecule has 0 atom stereocenters. The molecular weight excluding hydrogens is 152 g/mol. The van der Waals surface area contributed by atoms with Crippen LogP contribution in [0.2, 0.25) is 0 Å². The first-order chi connectivity index (χ1) is 5.72. The van der Waals surface area contributed by atoms with E-state index in [1.54, 1.807) is 0 Å². The van der Waals surface area contributed by atoms with Crippen LogP contribution < -0.4 is 0 Å². The summed E-state index contributed by atoms with van der Waals surface area (Å²) in [6.07, 6.45) is 4.19. The first kappa shape index (κ1) is 8.17. The number of likely N-dealkylation sites (tertiary alicyclic amines) is 1. The minimum Gasteiger partial charge on any atom is -0.298 e. The zero-order valence-electron chi connectivity index (χ0n) is 7.62. The van der Waals surface area contributed by atoms with E-state index in [2.05, 4.69) is 10.1 Å². The molecule has 12 heavy (non-hydrogen) atoms. The van der Waals surface area contributed by atoms with Gasteiger partial charge in [-0.05, 0) is 25.7 Å². The molecule has 2 fully saturated rings. The maximum Gasteiger partial charge on any atom is 0.125 e. The van der Waals surface area contributed by atoms with Crippen LogP contribution in [0.25, 0.3) is 0 Å². The quantitative estimate of drug-likeness (QED) is 0.600. The molecule has 3 nitrogen and oxygen atoms in total. The Bertz CT molecular complexity index is 183. The van der Waals surface area contributed by atoms with Crippen LogP contribution in [-0.4, -0.2) is 30.1 Å². The summed E-state index contributed by atoms with van der Waals surface area (Å²) < 4.78 is 0. The first-order valence-corrected chi connectivity index (χ1v) is 4.79. The molecule has 0 bridgehead atoms. The average molecular weight is 168 g/mol. The van der Waals surface area contributed by atoms with Gasteiger partial charge in [-0.25, -0.2) is 0 Å². The van der Waals surface area contributed by atoms with Gasteiger partial charge in [0.2, 0.25) is 0 Å². The molecule has 2 aliphatic rings. The van der Waals surface area contributed by atoms with Gasteiger partial charge in [-0.1, -0.05) is 11.6 Å². The van der Waals surface area contributed by atoms with Crippen molar-refractivity contribution in [2.24, 2.45) is 11.1 Å². The SMILES string of the molecule is CC1(N=O)CN(CC2CCC2)C1. The summed E-state index contributed by atoms with van der Waals surface area (Å²) >= 11 is 0. The topological polar surface area (TPSA) is 32.7 Å². The van der Waals surface area contributed by atoms with Gasteiger partial charge in [0.05, 0.1) is 0 Å². The molecule has 0 unspecified atom stereocenters. The molecule has 0 aromatic carbocycles. The number of rotatable bonds is 3. The standard InChI is InChI=1S/C9H16N2O/c1-9(10-12)6-11(7-9)5-8-3-2-4-8/h8H,2-7H2,1H3. The molecule has 0 N–H and O–H groups in total. The van der Waals surface area contributed by atoms with Crippen LogP contribution in [0.1, 0.15) is 26.2 Å². The minimum atomic E-state index is -0.260. The van der Waals surface area contributed by atoms with Crippen molar-refractivity contribution in [2.75, 3.05) is 19.6 Å². The smallest absolute Gasteiger partial charge is 0.125 e. The molecule has 0 aromatic heterocycles. The molecule has 1 aliphatic heterocycles. The Morgan fingerprint density at radius 1 is 1.50 bits per heavy atom. The van der Waals surface area contributed by atoms with Gasteiger partial charge in [-0.3, -0.25) is 4.90 Å². The summed E-state index contributed by atoms with van der Waals surface area (Å²) in [5.41, 5.74) is -0.260.